The molecule has 0 aliphatic heterocycles. The van der Waals surface area contributed by atoms with Crippen LogP contribution in [-0.4, -0.2) is 21.6 Å². The molecule has 0 aliphatic carbocycles. The van der Waals surface area contributed by atoms with Crippen LogP contribution in [0.2, 0.25) is 0 Å². The number of carbonyl (C=O) groups excluding carboxylic acids is 1. The van der Waals surface area contributed by atoms with Crippen molar-refractivity contribution < 1.29 is 9.90 Å². The Morgan fingerprint density at radius 3 is 2.74 bits per heavy atom. The van der Waals surface area contributed by atoms with Gasteiger partial charge in [-0.05, 0) is 18.1 Å². The smallest absolute Gasteiger partial charge is 0.164 e. The molecule has 0 bridgehead atoms. The van der Waals surface area contributed by atoms with Crippen LogP contribution in [0.4, 0.5) is 0 Å². The lowest BCUT2D eigenvalue weighted by atomic mass is 9.95. The van der Waals surface area contributed by atoms with E-state index in [1.165, 1.54) is 0 Å². The number of hydrogen-bond donors (Lipinski definition) is 1. The minimum Gasteiger partial charge on any atom is -0.385 e. The van der Waals surface area contributed by atoms with Gasteiger partial charge < -0.3 is 9.67 Å². The zero-order chi connectivity index (χ0) is 14.0. The number of para-hydroxylation sites is 1. The maximum atomic E-state index is 12.0. The molecule has 0 radical (unpaired) electrons. The Bertz CT molecular complexity index is 585. The number of aliphatic hydroxyl groups excluding tert-OH is 1. The van der Waals surface area contributed by atoms with Crippen molar-refractivity contribution in [2.45, 2.75) is 32.8 Å². The molecule has 3 nitrogen and oxygen atoms in total. The van der Waals surface area contributed by atoms with Gasteiger partial charge in [0.2, 0.25) is 0 Å². The SMILES string of the molecule is CCC(C)C(=O)[C@@H](O)Cc1cn(C)c2ccccc12. The zero-order valence-corrected chi connectivity index (χ0v) is 11.8. The number of ketones is 1. The number of rotatable bonds is 5. The van der Waals surface area contributed by atoms with Crippen LogP contribution in [0.1, 0.15) is 25.8 Å². The highest BCUT2D eigenvalue weighted by atomic mass is 16.3. The summed E-state index contributed by atoms with van der Waals surface area (Å²) in [6.07, 6.45) is 2.26. The molecule has 3 heteroatoms. The largest absolute Gasteiger partial charge is 0.385 e. The van der Waals surface area contributed by atoms with Gasteiger partial charge in [0.25, 0.3) is 0 Å². The highest BCUT2D eigenvalue weighted by Crippen LogP contribution is 2.22. The molecule has 1 aromatic carbocycles. The molecular formula is C16H21NO2. The van der Waals surface area contributed by atoms with E-state index in [0.29, 0.717) is 6.42 Å². The first kappa shape index (κ1) is 13.8. The van der Waals surface area contributed by atoms with Gasteiger partial charge in [-0.25, -0.2) is 0 Å². The van der Waals surface area contributed by atoms with Crippen molar-refractivity contribution in [2.24, 2.45) is 13.0 Å². The van der Waals surface area contributed by atoms with E-state index in [1.807, 2.05) is 55.9 Å². The topological polar surface area (TPSA) is 42.2 Å². The van der Waals surface area contributed by atoms with Crippen LogP contribution in [0.15, 0.2) is 30.5 Å². The number of carbonyl (C=O) groups is 1. The van der Waals surface area contributed by atoms with Gasteiger partial charge in [0.15, 0.2) is 5.78 Å². The second kappa shape index (κ2) is 5.57. The number of nitrogens with zero attached hydrogens (tertiary/aromatic N) is 1. The van der Waals surface area contributed by atoms with E-state index >= 15 is 0 Å². The van der Waals surface area contributed by atoms with E-state index in [1.54, 1.807) is 0 Å². The summed E-state index contributed by atoms with van der Waals surface area (Å²) >= 11 is 0. The fraction of sp³-hybridized carbons (Fsp3) is 0.438. The maximum absolute atomic E-state index is 12.0. The molecule has 1 heterocycles. The van der Waals surface area contributed by atoms with E-state index < -0.39 is 6.10 Å². The van der Waals surface area contributed by atoms with E-state index in [2.05, 4.69) is 0 Å². The van der Waals surface area contributed by atoms with Gasteiger partial charge in [0.1, 0.15) is 6.10 Å². The van der Waals surface area contributed by atoms with E-state index in [-0.39, 0.29) is 11.7 Å². The van der Waals surface area contributed by atoms with Crippen molar-refractivity contribution in [1.82, 2.24) is 4.57 Å². The molecule has 1 N–H and O–H groups in total. The minimum absolute atomic E-state index is 0.0598. The molecule has 102 valence electrons. The second-order valence-corrected chi connectivity index (χ2v) is 5.21. The predicted molar refractivity (Wildman–Crippen MR) is 77.1 cm³/mol. The molecule has 1 unspecified atom stereocenters. The van der Waals surface area contributed by atoms with Gasteiger partial charge in [0, 0.05) is 36.5 Å². The minimum atomic E-state index is -0.902. The molecule has 0 spiro atoms. The van der Waals surface area contributed by atoms with Gasteiger partial charge in [-0.3, -0.25) is 4.79 Å². The summed E-state index contributed by atoms with van der Waals surface area (Å²) in [4.78, 5) is 12.0. The number of benzene rings is 1. The predicted octanol–water partition coefficient (Wildman–Crippen LogP) is 2.70. The van der Waals surface area contributed by atoms with Crippen LogP contribution in [-0.2, 0) is 18.3 Å². The fourth-order valence-electron chi connectivity index (χ4n) is 2.43. The number of hydrogen-bond acceptors (Lipinski definition) is 2. The zero-order valence-electron chi connectivity index (χ0n) is 11.8. The van der Waals surface area contributed by atoms with Crippen LogP contribution in [0.3, 0.4) is 0 Å². The molecule has 2 aromatic rings. The summed E-state index contributed by atoms with van der Waals surface area (Å²) in [6, 6.07) is 8.05. The number of fused-ring (bicyclic) bond motifs is 1. The highest BCUT2D eigenvalue weighted by Gasteiger charge is 2.22. The van der Waals surface area contributed by atoms with Crippen molar-refractivity contribution in [3.05, 3.63) is 36.0 Å². The molecule has 0 saturated carbocycles. The van der Waals surface area contributed by atoms with E-state index in [0.717, 1.165) is 22.9 Å². The van der Waals surface area contributed by atoms with Gasteiger partial charge in [-0.15, -0.1) is 0 Å². The second-order valence-electron chi connectivity index (χ2n) is 5.21. The van der Waals surface area contributed by atoms with Gasteiger partial charge >= 0.3 is 0 Å². The fourth-order valence-corrected chi connectivity index (χ4v) is 2.43. The molecule has 0 saturated heterocycles. The first-order valence-electron chi connectivity index (χ1n) is 6.79. The van der Waals surface area contributed by atoms with Crippen molar-refractivity contribution in [3.63, 3.8) is 0 Å². The first-order chi connectivity index (χ1) is 9.04. The Morgan fingerprint density at radius 2 is 2.05 bits per heavy atom. The van der Waals surface area contributed by atoms with Crippen LogP contribution in [0, 0.1) is 5.92 Å². The van der Waals surface area contributed by atoms with Crippen LogP contribution < -0.4 is 0 Å². The summed E-state index contributed by atoms with van der Waals surface area (Å²) in [7, 11) is 1.98. The highest BCUT2D eigenvalue weighted by molar-refractivity contribution is 5.87. The molecule has 1 aromatic heterocycles. The van der Waals surface area contributed by atoms with E-state index in [4.69, 9.17) is 0 Å². The summed E-state index contributed by atoms with van der Waals surface area (Å²) in [6.45, 7) is 3.84. The van der Waals surface area contributed by atoms with Gasteiger partial charge in [-0.2, -0.15) is 0 Å². The van der Waals surface area contributed by atoms with Crippen molar-refractivity contribution >= 4 is 16.7 Å². The Hall–Kier alpha value is -1.61. The number of aliphatic hydroxyl groups is 1. The summed E-state index contributed by atoms with van der Waals surface area (Å²) in [5, 5.41) is 11.2. The lowest BCUT2D eigenvalue weighted by Crippen LogP contribution is -2.28. The third-order valence-electron chi connectivity index (χ3n) is 3.82. The molecule has 2 atom stereocenters. The van der Waals surface area contributed by atoms with Crippen molar-refractivity contribution in [2.75, 3.05) is 0 Å². The van der Waals surface area contributed by atoms with Crippen molar-refractivity contribution in [1.29, 1.82) is 0 Å². The van der Waals surface area contributed by atoms with Crippen LogP contribution in [0.25, 0.3) is 10.9 Å². The average molecular weight is 259 g/mol. The van der Waals surface area contributed by atoms with Crippen LogP contribution in [0.5, 0.6) is 0 Å². The molecular weight excluding hydrogens is 238 g/mol. The third-order valence-corrected chi connectivity index (χ3v) is 3.82. The Kier molecular flexibility index (Phi) is 4.05. The lowest BCUT2D eigenvalue weighted by molar-refractivity contribution is -0.130. The summed E-state index contributed by atoms with van der Waals surface area (Å²) in [5.74, 6) is -0.139. The number of Topliss-reactive ketones (excluding diaryl/α,β-unsaturated/α-hetero) is 1. The number of aryl methyl sites for hydroxylation is 1. The summed E-state index contributed by atoms with van der Waals surface area (Å²) in [5.41, 5.74) is 2.16. The maximum Gasteiger partial charge on any atom is 0.164 e. The first-order valence-corrected chi connectivity index (χ1v) is 6.79. The summed E-state index contributed by atoms with van der Waals surface area (Å²) < 4.78 is 2.03. The quantitative estimate of drug-likeness (QED) is 0.897. The lowest BCUT2D eigenvalue weighted by Gasteiger charge is -2.13. The van der Waals surface area contributed by atoms with Gasteiger partial charge in [-0.1, -0.05) is 32.0 Å². The number of aromatic nitrogens is 1. The van der Waals surface area contributed by atoms with Crippen molar-refractivity contribution in [3.8, 4) is 0 Å². The van der Waals surface area contributed by atoms with E-state index in [9.17, 15) is 9.90 Å². The molecule has 0 amide bonds. The monoisotopic (exact) mass is 259 g/mol. The molecule has 2 rings (SSSR count). The average Bonchev–Trinajstić information content (AvgIpc) is 2.74. The third kappa shape index (κ3) is 2.71. The van der Waals surface area contributed by atoms with Gasteiger partial charge in [0.05, 0.1) is 0 Å². The molecule has 19 heavy (non-hydrogen) atoms. The Labute approximate surface area is 113 Å². The molecule has 0 aliphatic rings. The Morgan fingerprint density at radius 1 is 1.37 bits per heavy atom. The normalized spacial score (nSPS) is 14.5. The van der Waals surface area contributed by atoms with Crippen LogP contribution >= 0.6 is 0 Å². The molecule has 0 fully saturated rings. The standard InChI is InChI=1S/C16H21NO2/c1-4-11(2)16(19)15(18)9-12-10-17(3)14-8-6-5-7-13(12)14/h5-8,10-11,15,18H,4,9H2,1-3H3/t11?,15-/m0/s1. The Balaban J connectivity index is 2.24.